The van der Waals surface area contributed by atoms with E-state index in [0.717, 1.165) is 64.2 Å². The minimum atomic E-state index is -0.768. The van der Waals surface area contributed by atoms with Crippen LogP contribution in [0.3, 0.4) is 0 Å². The average Bonchev–Trinajstić information content (AvgIpc) is 3.35. The summed E-state index contributed by atoms with van der Waals surface area (Å²) in [6, 6.07) is 0. The van der Waals surface area contributed by atoms with Crippen molar-refractivity contribution in [3.05, 3.63) is 24.3 Å². The lowest BCUT2D eigenvalue weighted by atomic mass is 10.0. The Morgan fingerprint density at radius 1 is 0.290 bits per heavy atom. The van der Waals surface area contributed by atoms with Gasteiger partial charge in [-0.1, -0.05) is 295 Å². The zero-order valence-electron chi connectivity index (χ0n) is 46.6. The molecular weight excluding hydrogens is 853 g/mol. The molecule has 6 nitrogen and oxygen atoms in total. The molecule has 0 radical (unpaired) electrons. The van der Waals surface area contributed by atoms with Crippen molar-refractivity contribution in [3.8, 4) is 0 Å². The fourth-order valence-electron chi connectivity index (χ4n) is 9.30. The highest BCUT2D eigenvalue weighted by Gasteiger charge is 2.19. The number of allylic oxidation sites excluding steroid dienone is 4. The van der Waals surface area contributed by atoms with E-state index in [9.17, 15) is 14.4 Å². The number of hydrogen-bond donors (Lipinski definition) is 0. The van der Waals surface area contributed by atoms with Crippen LogP contribution in [0.5, 0.6) is 0 Å². The van der Waals surface area contributed by atoms with E-state index in [1.165, 1.54) is 238 Å². The van der Waals surface area contributed by atoms with E-state index >= 15 is 0 Å². The van der Waals surface area contributed by atoms with Crippen LogP contribution in [-0.2, 0) is 28.6 Å². The molecule has 0 fully saturated rings. The molecule has 0 aromatic rings. The van der Waals surface area contributed by atoms with E-state index in [1.807, 2.05) is 0 Å². The van der Waals surface area contributed by atoms with Crippen molar-refractivity contribution in [2.75, 3.05) is 13.2 Å². The average molecular weight is 972 g/mol. The molecule has 0 aromatic heterocycles. The maximum absolute atomic E-state index is 12.8. The summed E-state index contributed by atoms with van der Waals surface area (Å²) in [4.78, 5) is 38.1. The largest absolute Gasteiger partial charge is 0.462 e. The molecule has 0 rings (SSSR count). The van der Waals surface area contributed by atoms with E-state index in [4.69, 9.17) is 14.2 Å². The number of esters is 3. The van der Waals surface area contributed by atoms with Gasteiger partial charge in [0.25, 0.3) is 0 Å². The Morgan fingerprint density at radius 3 is 0.797 bits per heavy atom. The first-order valence-electron chi connectivity index (χ1n) is 30.8. The van der Waals surface area contributed by atoms with Crippen LogP contribution in [0, 0.1) is 0 Å². The van der Waals surface area contributed by atoms with Gasteiger partial charge in [-0.05, 0) is 51.4 Å². The summed E-state index contributed by atoms with van der Waals surface area (Å²) in [6.45, 7) is 6.65. The smallest absolute Gasteiger partial charge is 0.306 e. The predicted molar refractivity (Wildman–Crippen MR) is 298 cm³/mol. The molecule has 406 valence electrons. The van der Waals surface area contributed by atoms with E-state index < -0.39 is 6.10 Å². The summed E-state index contributed by atoms with van der Waals surface area (Å²) in [6.07, 6.45) is 69.1. The number of ether oxygens (including phenoxy) is 3. The second-order valence-electron chi connectivity index (χ2n) is 21.0. The highest BCUT2D eigenvalue weighted by molar-refractivity contribution is 5.71. The first-order chi connectivity index (χ1) is 34.0. The molecule has 69 heavy (non-hydrogen) atoms. The van der Waals surface area contributed by atoms with Crippen LogP contribution >= 0.6 is 0 Å². The third-order valence-electron chi connectivity index (χ3n) is 14.0. The quantitative estimate of drug-likeness (QED) is 0.0261. The minimum Gasteiger partial charge on any atom is -0.462 e. The second-order valence-corrected chi connectivity index (χ2v) is 21.0. The number of hydrogen-bond acceptors (Lipinski definition) is 6. The topological polar surface area (TPSA) is 78.9 Å². The van der Waals surface area contributed by atoms with E-state index in [2.05, 4.69) is 45.1 Å². The van der Waals surface area contributed by atoms with Gasteiger partial charge in [0.2, 0.25) is 0 Å². The number of carbonyl (C=O) groups excluding carboxylic acids is 3. The first-order valence-corrected chi connectivity index (χ1v) is 30.8. The summed E-state index contributed by atoms with van der Waals surface area (Å²) >= 11 is 0. The maximum atomic E-state index is 12.8. The Hall–Kier alpha value is -2.11. The molecule has 0 aliphatic rings. The van der Waals surface area contributed by atoms with Gasteiger partial charge < -0.3 is 14.2 Å². The van der Waals surface area contributed by atoms with Crippen LogP contribution in [0.4, 0.5) is 0 Å². The lowest BCUT2D eigenvalue weighted by Crippen LogP contribution is -2.30. The standard InChI is InChI=1S/C63H118O6/c1-4-7-10-13-16-19-21-23-25-27-29-31-33-34-36-38-40-42-44-47-50-53-56-62(65)68-59-60(58-67-61(64)55-52-49-46-18-15-12-9-6-3)69-63(66)57-54-51-48-45-43-41-39-37-35-32-30-28-26-24-22-20-17-14-11-8-5-2/h22,24,28,30,60H,4-21,23,25-27,29,31-59H2,1-3H3/b24-22-,30-28-. The summed E-state index contributed by atoms with van der Waals surface area (Å²) in [5.74, 6) is -0.854. The molecule has 0 aliphatic carbocycles. The minimum absolute atomic E-state index is 0.0676. The van der Waals surface area contributed by atoms with Gasteiger partial charge in [0.15, 0.2) is 6.10 Å². The van der Waals surface area contributed by atoms with E-state index in [1.54, 1.807) is 0 Å². The molecule has 0 heterocycles. The SMILES string of the molecule is CCCCCCC/C=C\C/C=C\CCCCCCCCCCCC(=O)OC(COC(=O)CCCCCCCCCC)COC(=O)CCCCCCCCCCCCCCCCCCCCCCCC. The summed E-state index contributed by atoms with van der Waals surface area (Å²) in [5, 5.41) is 0. The lowest BCUT2D eigenvalue weighted by molar-refractivity contribution is -0.167. The van der Waals surface area contributed by atoms with Crippen LogP contribution in [0.2, 0.25) is 0 Å². The first kappa shape index (κ1) is 66.9. The molecule has 6 heteroatoms. The van der Waals surface area contributed by atoms with Gasteiger partial charge in [0, 0.05) is 19.3 Å². The summed E-state index contributed by atoms with van der Waals surface area (Å²) in [7, 11) is 0. The normalized spacial score (nSPS) is 12.1. The van der Waals surface area contributed by atoms with Crippen LogP contribution < -0.4 is 0 Å². The Bertz CT molecular complexity index is 1110. The Labute approximate surface area is 430 Å². The molecule has 0 aliphatic heterocycles. The van der Waals surface area contributed by atoms with Crippen molar-refractivity contribution >= 4 is 17.9 Å². The molecule has 1 atom stereocenters. The Morgan fingerprint density at radius 2 is 0.522 bits per heavy atom. The third-order valence-corrected chi connectivity index (χ3v) is 14.0. The van der Waals surface area contributed by atoms with Gasteiger partial charge in [-0.2, -0.15) is 0 Å². The van der Waals surface area contributed by atoms with Crippen LogP contribution in [0.25, 0.3) is 0 Å². The van der Waals surface area contributed by atoms with Crippen molar-refractivity contribution in [2.45, 2.75) is 348 Å². The summed E-state index contributed by atoms with van der Waals surface area (Å²) in [5.41, 5.74) is 0. The predicted octanol–water partition coefficient (Wildman–Crippen LogP) is 20.7. The molecule has 0 aromatic carbocycles. The highest BCUT2D eigenvalue weighted by atomic mass is 16.6. The van der Waals surface area contributed by atoms with Crippen LogP contribution in [-0.4, -0.2) is 37.2 Å². The van der Waals surface area contributed by atoms with E-state index in [-0.39, 0.29) is 31.1 Å². The van der Waals surface area contributed by atoms with Gasteiger partial charge in [0.05, 0.1) is 0 Å². The fraction of sp³-hybridized carbons (Fsp3) is 0.889. The van der Waals surface area contributed by atoms with Gasteiger partial charge in [-0.3, -0.25) is 14.4 Å². The van der Waals surface area contributed by atoms with Crippen molar-refractivity contribution in [1.82, 2.24) is 0 Å². The fourth-order valence-corrected chi connectivity index (χ4v) is 9.30. The molecule has 1 unspecified atom stereocenters. The third kappa shape index (κ3) is 56.7. The lowest BCUT2D eigenvalue weighted by Gasteiger charge is -2.18. The maximum Gasteiger partial charge on any atom is 0.306 e. The second kappa shape index (κ2) is 58.5. The molecule has 0 bridgehead atoms. The van der Waals surface area contributed by atoms with Gasteiger partial charge >= 0.3 is 17.9 Å². The monoisotopic (exact) mass is 971 g/mol. The van der Waals surface area contributed by atoms with Crippen LogP contribution in [0.15, 0.2) is 24.3 Å². The van der Waals surface area contributed by atoms with Gasteiger partial charge in [0.1, 0.15) is 13.2 Å². The Balaban J connectivity index is 4.16. The molecule has 0 amide bonds. The van der Waals surface area contributed by atoms with Crippen molar-refractivity contribution in [2.24, 2.45) is 0 Å². The number of unbranched alkanes of at least 4 members (excludes halogenated alkanes) is 42. The van der Waals surface area contributed by atoms with Gasteiger partial charge in [-0.25, -0.2) is 0 Å². The number of rotatable bonds is 57. The summed E-state index contributed by atoms with van der Waals surface area (Å²) < 4.78 is 16.9. The molecule has 0 saturated heterocycles. The zero-order valence-corrected chi connectivity index (χ0v) is 46.6. The number of carbonyl (C=O) groups is 3. The highest BCUT2D eigenvalue weighted by Crippen LogP contribution is 2.17. The molecule has 0 spiro atoms. The zero-order chi connectivity index (χ0) is 50.0. The van der Waals surface area contributed by atoms with Gasteiger partial charge in [-0.15, -0.1) is 0 Å². The molecule has 0 saturated carbocycles. The van der Waals surface area contributed by atoms with Crippen molar-refractivity contribution < 1.29 is 28.6 Å². The van der Waals surface area contributed by atoms with Crippen LogP contribution in [0.1, 0.15) is 342 Å². The van der Waals surface area contributed by atoms with E-state index in [0.29, 0.717) is 19.3 Å². The molecular formula is C63H118O6. The molecule has 0 N–H and O–H groups in total. The van der Waals surface area contributed by atoms with Crippen molar-refractivity contribution in [1.29, 1.82) is 0 Å². The Kier molecular flexibility index (Phi) is 56.7. The van der Waals surface area contributed by atoms with Crippen molar-refractivity contribution in [3.63, 3.8) is 0 Å².